The van der Waals surface area contributed by atoms with Crippen LogP contribution in [-0.4, -0.2) is 13.2 Å². The molecule has 4 heteroatoms. The lowest BCUT2D eigenvalue weighted by Gasteiger charge is -2.11. The highest BCUT2D eigenvalue weighted by molar-refractivity contribution is 5.86. The summed E-state index contributed by atoms with van der Waals surface area (Å²) in [6.45, 7) is 15.7. The summed E-state index contributed by atoms with van der Waals surface area (Å²) in [5.74, 6) is 1.44. The first-order valence-corrected chi connectivity index (χ1v) is 9.03. The van der Waals surface area contributed by atoms with Crippen molar-refractivity contribution in [3.05, 3.63) is 77.7 Å². The van der Waals surface area contributed by atoms with Gasteiger partial charge in [0.2, 0.25) is 0 Å². The molecule has 0 spiro atoms. The third kappa shape index (κ3) is 5.74. The minimum Gasteiger partial charge on any atom is -0.489 e. The molecule has 144 valence electrons. The number of fused-ring (bicyclic) bond motifs is 1. The Hall–Kier alpha value is -3.01. The van der Waals surface area contributed by atoms with Gasteiger partial charge in [0.1, 0.15) is 41.4 Å². The van der Waals surface area contributed by atoms with Crippen LogP contribution in [0.4, 0.5) is 0 Å². The molecule has 0 atom stereocenters. The van der Waals surface area contributed by atoms with Crippen molar-refractivity contribution in [2.24, 2.45) is 0 Å². The van der Waals surface area contributed by atoms with Gasteiger partial charge in [-0.15, -0.1) is 0 Å². The van der Waals surface area contributed by atoms with Crippen molar-refractivity contribution in [1.29, 1.82) is 0 Å². The van der Waals surface area contributed by atoms with Crippen LogP contribution in [0.25, 0.3) is 16.5 Å². The van der Waals surface area contributed by atoms with E-state index in [-0.39, 0.29) is 12.0 Å². The van der Waals surface area contributed by atoms with Gasteiger partial charge < -0.3 is 13.9 Å². The fourth-order valence-electron chi connectivity index (χ4n) is 2.37. The van der Waals surface area contributed by atoms with Crippen LogP contribution in [0, 0.1) is 0 Å². The Morgan fingerprint density at radius 3 is 2.33 bits per heavy atom. The summed E-state index contributed by atoms with van der Waals surface area (Å²) < 4.78 is 17.2. The predicted molar refractivity (Wildman–Crippen MR) is 114 cm³/mol. The van der Waals surface area contributed by atoms with E-state index < -0.39 is 0 Å². The number of benzene rings is 1. The van der Waals surface area contributed by atoms with E-state index in [4.69, 9.17) is 13.9 Å². The van der Waals surface area contributed by atoms with Gasteiger partial charge in [0.25, 0.3) is 0 Å². The summed E-state index contributed by atoms with van der Waals surface area (Å²) in [4.78, 5) is 12.7. The molecule has 0 fully saturated rings. The molecule has 2 rings (SSSR count). The normalized spacial score (nSPS) is 11.0. The lowest BCUT2D eigenvalue weighted by atomic mass is 10.1. The molecule has 2 aromatic rings. The lowest BCUT2D eigenvalue weighted by molar-refractivity contribution is 0.347. The van der Waals surface area contributed by atoms with Crippen molar-refractivity contribution in [2.75, 3.05) is 13.2 Å². The zero-order chi connectivity index (χ0) is 20.2. The maximum Gasteiger partial charge on any atom is 0.197 e. The first kappa shape index (κ1) is 22.0. The third-order valence-corrected chi connectivity index (χ3v) is 3.43. The maximum atomic E-state index is 12.7. The summed E-state index contributed by atoms with van der Waals surface area (Å²) in [5, 5.41) is 0.382. The fourth-order valence-corrected chi connectivity index (χ4v) is 2.37. The van der Waals surface area contributed by atoms with E-state index in [0.29, 0.717) is 34.8 Å². The minimum atomic E-state index is -0.172. The van der Waals surface area contributed by atoms with Crippen molar-refractivity contribution in [1.82, 2.24) is 0 Å². The molecular formula is C23H28O4. The highest BCUT2D eigenvalue weighted by Gasteiger charge is 2.14. The molecule has 0 aliphatic rings. The summed E-state index contributed by atoms with van der Waals surface area (Å²) >= 11 is 0. The zero-order valence-corrected chi connectivity index (χ0v) is 16.6. The van der Waals surface area contributed by atoms with Gasteiger partial charge in [-0.1, -0.05) is 57.4 Å². The quantitative estimate of drug-likeness (QED) is 0.428. The van der Waals surface area contributed by atoms with Crippen LogP contribution in [0.2, 0.25) is 0 Å². The number of hydrogen-bond donors (Lipinski definition) is 0. The second-order valence-electron chi connectivity index (χ2n) is 5.21. The third-order valence-electron chi connectivity index (χ3n) is 3.43. The molecule has 0 amide bonds. The van der Waals surface area contributed by atoms with E-state index >= 15 is 0 Å². The fraction of sp³-hybridized carbons (Fsp3) is 0.261. The highest BCUT2D eigenvalue weighted by atomic mass is 16.5. The first-order valence-electron chi connectivity index (χ1n) is 9.03. The molecule has 0 saturated heterocycles. The Bertz CT molecular complexity index is 885. The molecule has 0 radical (unpaired) electrons. The van der Waals surface area contributed by atoms with Crippen molar-refractivity contribution >= 4 is 16.5 Å². The van der Waals surface area contributed by atoms with E-state index in [1.165, 1.54) is 6.07 Å². The molecule has 0 N–H and O–H groups in total. The predicted octanol–water partition coefficient (Wildman–Crippen LogP) is 5.93. The average Bonchev–Trinajstić information content (AvgIpc) is 2.69. The minimum absolute atomic E-state index is 0.172. The molecule has 1 aromatic carbocycles. The van der Waals surface area contributed by atoms with Crippen LogP contribution in [0.1, 0.15) is 33.5 Å². The Morgan fingerprint density at radius 2 is 1.74 bits per heavy atom. The van der Waals surface area contributed by atoms with E-state index in [2.05, 4.69) is 13.2 Å². The van der Waals surface area contributed by atoms with E-state index in [0.717, 1.165) is 5.57 Å². The molecule has 0 aliphatic carbocycles. The zero-order valence-electron chi connectivity index (χ0n) is 16.6. The topological polar surface area (TPSA) is 48.7 Å². The number of rotatable bonds is 8. The summed E-state index contributed by atoms with van der Waals surface area (Å²) in [6.07, 6.45) is 8.92. The maximum absolute atomic E-state index is 12.7. The van der Waals surface area contributed by atoms with Crippen LogP contribution in [0.3, 0.4) is 0 Å². The highest BCUT2D eigenvalue weighted by Crippen LogP contribution is 2.31. The molecule has 0 bridgehead atoms. The first-order chi connectivity index (χ1) is 13.1. The number of ether oxygens (including phenoxy) is 2. The van der Waals surface area contributed by atoms with E-state index in [9.17, 15) is 4.79 Å². The van der Waals surface area contributed by atoms with Crippen molar-refractivity contribution in [3.63, 3.8) is 0 Å². The Morgan fingerprint density at radius 1 is 1.07 bits per heavy atom. The van der Waals surface area contributed by atoms with Crippen molar-refractivity contribution < 1.29 is 13.9 Å². The summed E-state index contributed by atoms with van der Waals surface area (Å²) in [6, 6.07) is 4.84. The SMILES string of the molecule is C=CCOc1cc(OCC=C)c2c(=O)cc(C(/C=C\C)=C/C)oc2c1.CC. The molecule has 0 aliphatic heterocycles. The van der Waals surface area contributed by atoms with Crippen LogP contribution >= 0.6 is 0 Å². The molecule has 1 aromatic heterocycles. The van der Waals surface area contributed by atoms with Crippen LogP contribution in [0.15, 0.2) is 70.9 Å². The second-order valence-corrected chi connectivity index (χ2v) is 5.21. The van der Waals surface area contributed by atoms with Crippen molar-refractivity contribution in [2.45, 2.75) is 27.7 Å². The largest absolute Gasteiger partial charge is 0.489 e. The van der Waals surface area contributed by atoms with Gasteiger partial charge in [0.15, 0.2) is 5.43 Å². The van der Waals surface area contributed by atoms with Crippen LogP contribution in [-0.2, 0) is 0 Å². The summed E-state index contributed by atoms with van der Waals surface area (Å²) in [5.41, 5.74) is 1.06. The molecule has 1 heterocycles. The van der Waals surface area contributed by atoms with Crippen LogP contribution in [0.5, 0.6) is 11.5 Å². The Labute approximate surface area is 161 Å². The lowest BCUT2D eigenvalue weighted by Crippen LogP contribution is -2.06. The van der Waals surface area contributed by atoms with Gasteiger partial charge >= 0.3 is 0 Å². The molecule has 0 saturated carbocycles. The molecule has 27 heavy (non-hydrogen) atoms. The molecule has 4 nitrogen and oxygen atoms in total. The van der Waals surface area contributed by atoms with Gasteiger partial charge in [0.05, 0.1) is 0 Å². The monoisotopic (exact) mass is 368 g/mol. The number of allylic oxidation sites excluding steroid dienone is 4. The number of hydrogen-bond acceptors (Lipinski definition) is 4. The summed E-state index contributed by atoms with van der Waals surface area (Å²) in [7, 11) is 0. The van der Waals surface area contributed by atoms with Gasteiger partial charge in [-0.25, -0.2) is 0 Å². The smallest absolute Gasteiger partial charge is 0.197 e. The Balaban J connectivity index is 0.00000176. The Kier molecular flexibility index (Phi) is 9.45. The molecule has 0 unspecified atom stereocenters. The second kappa shape index (κ2) is 11.6. The molecular weight excluding hydrogens is 340 g/mol. The average molecular weight is 368 g/mol. The van der Waals surface area contributed by atoms with E-state index in [1.54, 1.807) is 24.3 Å². The van der Waals surface area contributed by atoms with Gasteiger partial charge in [-0.05, 0) is 13.8 Å². The van der Waals surface area contributed by atoms with Gasteiger partial charge in [-0.3, -0.25) is 4.79 Å². The van der Waals surface area contributed by atoms with Gasteiger partial charge in [0, 0.05) is 23.8 Å². The van der Waals surface area contributed by atoms with Crippen molar-refractivity contribution in [3.8, 4) is 11.5 Å². The standard InChI is InChI=1S/C21H22O4.C2H6/c1-5-9-15(8-4)18-14-17(22)21-19(24-11-7-3)12-16(23-10-6-2)13-20(21)25-18;1-2/h5-9,12-14H,2-3,10-11H2,1,4H3;1-2H3/b9-5-,15-8+;. The van der Waals surface area contributed by atoms with E-state index in [1.807, 2.05) is 45.9 Å². The van der Waals surface area contributed by atoms with Crippen LogP contribution < -0.4 is 14.9 Å². The van der Waals surface area contributed by atoms with Gasteiger partial charge in [-0.2, -0.15) is 0 Å².